The predicted octanol–water partition coefficient (Wildman–Crippen LogP) is -1.27. The van der Waals surface area contributed by atoms with E-state index in [1.807, 2.05) is 0 Å². The number of amides is 2. The van der Waals surface area contributed by atoms with Crippen molar-refractivity contribution in [3.63, 3.8) is 0 Å². The monoisotopic (exact) mass is 554 g/mol. The highest BCUT2D eigenvalue weighted by atomic mass is 16.5. The van der Waals surface area contributed by atoms with Gasteiger partial charge in [-0.05, 0) is 38.1 Å². The molecule has 1 aromatic carbocycles. The highest BCUT2D eigenvalue weighted by molar-refractivity contribution is 5.98. The number of benzene rings is 1. The molecule has 0 spiro atoms. The van der Waals surface area contributed by atoms with Gasteiger partial charge in [-0.2, -0.15) is 0 Å². The van der Waals surface area contributed by atoms with Crippen molar-refractivity contribution in [1.29, 1.82) is 0 Å². The lowest BCUT2D eigenvalue weighted by Crippen LogP contribution is -2.35. The maximum Gasteiger partial charge on any atom is 0.329 e. The van der Waals surface area contributed by atoms with Crippen LogP contribution in [0.2, 0.25) is 0 Å². The maximum absolute atomic E-state index is 13.0. The largest absolute Gasteiger partial charge is 0.462 e. The lowest BCUT2D eigenvalue weighted by molar-refractivity contribution is -0.148. The molecule has 14 heteroatoms. The van der Waals surface area contributed by atoms with Crippen LogP contribution in [0.3, 0.4) is 0 Å². The minimum absolute atomic E-state index is 0.0171. The maximum atomic E-state index is 13.0. The summed E-state index contributed by atoms with van der Waals surface area (Å²) in [6.45, 7) is 8.64. The molecule has 0 bridgehead atoms. The molecule has 2 heterocycles. The second-order valence-corrected chi connectivity index (χ2v) is 8.58. The normalized spacial score (nSPS) is 12.4. The summed E-state index contributed by atoms with van der Waals surface area (Å²) in [7, 11) is 0. The summed E-state index contributed by atoms with van der Waals surface area (Å²) < 4.78 is 11.3. The molecule has 2 N–H and O–H groups in total. The summed E-state index contributed by atoms with van der Waals surface area (Å²) in [6.07, 6.45) is 2.08. The molecule has 2 atom stereocenters. The van der Waals surface area contributed by atoms with Gasteiger partial charge in [0.15, 0.2) is 0 Å². The first-order chi connectivity index (χ1) is 18.9. The summed E-state index contributed by atoms with van der Waals surface area (Å²) >= 11 is 0. The van der Waals surface area contributed by atoms with Crippen molar-refractivity contribution >= 4 is 45.3 Å². The molecule has 210 valence electrons. The molecule has 0 aliphatic carbocycles. The molecule has 0 radical (unpaired) electrons. The van der Waals surface area contributed by atoms with Crippen molar-refractivity contribution in [3.05, 3.63) is 78.9 Å². The van der Waals surface area contributed by atoms with Crippen molar-refractivity contribution in [2.24, 2.45) is 0 Å². The van der Waals surface area contributed by atoms with Crippen LogP contribution in [0.15, 0.2) is 56.6 Å². The van der Waals surface area contributed by atoms with E-state index in [2.05, 4.69) is 23.8 Å². The number of esters is 2. The smallest absolute Gasteiger partial charge is 0.329 e. The Morgan fingerprint density at radius 2 is 1.00 bits per heavy atom. The molecule has 14 nitrogen and oxygen atoms in total. The molecule has 3 rings (SSSR count). The Morgan fingerprint density at radius 3 is 1.27 bits per heavy atom. The van der Waals surface area contributed by atoms with E-state index in [9.17, 15) is 38.4 Å². The zero-order valence-corrected chi connectivity index (χ0v) is 21.7. The van der Waals surface area contributed by atoms with Gasteiger partial charge in [0.1, 0.15) is 25.3 Å². The molecule has 0 saturated heterocycles. The van der Waals surface area contributed by atoms with Crippen LogP contribution in [0.1, 0.15) is 25.9 Å². The topological polar surface area (TPSA) is 189 Å². The van der Waals surface area contributed by atoms with E-state index < -0.39 is 58.1 Å². The van der Waals surface area contributed by atoms with E-state index in [4.69, 9.17) is 9.47 Å². The molecule has 0 aliphatic heterocycles. The first kappa shape index (κ1) is 29.4. The number of rotatable bonds is 12. The minimum Gasteiger partial charge on any atom is -0.462 e. The lowest BCUT2D eigenvalue weighted by Gasteiger charge is -2.11. The van der Waals surface area contributed by atoms with Gasteiger partial charge in [0, 0.05) is 0 Å². The van der Waals surface area contributed by atoms with Crippen molar-refractivity contribution < 1.29 is 28.7 Å². The van der Waals surface area contributed by atoms with Crippen molar-refractivity contribution in [2.75, 3.05) is 26.3 Å². The summed E-state index contributed by atoms with van der Waals surface area (Å²) in [6, 6.07) is -0.522. The molecule has 0 fully saturated rings. The average molecular weight is 555 g/mol. The van der Waals surface area contributed by atoms with Gasteiger partial charge in [0.05, 0.1) is 34.6 Å². The van der Waals surface area contributed by atoms with E-state index >= 15 is 0 Å². The molecule has 2 aromatic heterocycles. The van der Waals surface area contributed by atoms with Gasteiger partial charge >= 0.3 is 11.9 Å². The minimum atomic E-state index is -1.34. The van der Waals surface area contributed by atoms with Crippen molar-refractivity contribution in [1.82, 2.24) is 19.8 Å². The third-order valence-corrected chi connectivity index (χ3v) is 6.07. The molecule has 0 saturated carbocycles. The standard InChI is InChI=1S/C26H26N4O10/c1-5-19(31)27-7-9-39-25(37)13(3)29-21(33)15-11-17-18(12-16(15)22(29)34)24(36)30(23(17)35)14(4)26(38)40-10-8-28-20(32)6-2/h5-6,11-14H,1-2,7-10H2,3-4H3,(H,27,31)(H,28,32). The number of carbonyl (C=O) groups is 4. The molecule has 0 aliphatic rings. The number of fused-ring (bicyclic) bond motifs is 2. The first-order valence-electron chi connectivity index (χ1n) is 12.0. The lowest BCUT2D eigenvalue weighted by atomic mass is 10.1. The van der Waals surface area contributed by atoms with Crippen LogP contribution in [0.5, 0.6) is 0 Å². The van der Waals surface area contributed by atoms with E-state index in [-0.39, 0.29) is 47.8 Å². The van der Waals surface area contributed by atoms with Gasteiger partial charge in [-0.3, -0.25) is 37.9 Å². The van der Waals surface area contributed by atoms with Crippen LogP contribution in [-0.4, -0.2) is 59.2 Å². The van der Waals surface area contributed by atoms with E-state index in [0.717, 1.165) is 24.3 Å². The Balaban J connectivity index is 1.88. The van der Waals surface area contributed by atoms with Crippen LogP contribution < -0.4 is 32.9 Å². The fourth-order valence-electron chi connectivity index (χ4n) is 3.96. The van der Waals surface area contributed by atoms with Crippen molar-refractivity contribution in [3.8, 4) is 0 Å². The van der Waals surface area contributed by atoms with Gasteiger partial charge in [0.25, 0.3) is 22.2 Å². The van der Waals surface area contributed by atoms with Gasteiger partial charge in [0.2, 0.25) is 11.8 Å². The Kier molecular flexibility index (Phi) is 8.93. The number of ether oxygens (including phenoxy) is 2. The third-order valence-electron chi connectivity index (χ3n) is 6.07. The van der Waals surface area contributed by atoms with Crippen LogP contribution in [0.4, 0.5) is 0 Å². The summed E-state index contributed by atoms with van der Waals surface area (Å²) in [4.78, 5) is 99.4. The van der Waals surface area contributed by atoms with Gasteiger partial charge in [-0.1, -0.05) is 13.2 Å². The summed E-state index contributed by atoms with van der Waals surface area (Å²) in [5, 5.41) is 4.02. The molecule has 40 heavy (non-hydrogen) atoms. The Labute approximate surface area is 225 Å². The molecular formula is C26H26N4O10. The second-order valence-electron chi connectivity index (χ2n) is 8.58. The highest BCUT2D eigenvalue weighted by Crippen LogP contribution is 2.17. The third kappa shape index (κ3) is 5.65. The number of hydrogen-bond acceptors (Lipinski definition) is 10. The predicted molar refractivity (Wildman–Crippen MR) is 143 cm³/mol. The number of hydrogen-bond donors (Lipinski definition) is 2. The number of nitrogens with one attached hydrogen (secondary N) is 2. The Bertz CT molecular complexity index is 1540. The Hall–Kier alpha value is -5.14. The zero-order chi connectivity index (χ0) is 29.7. The van der Waals surface area contributed by atoms with E-state index in [0.29, 0.717) is 9.13 Å². The number of carbonyl (C=O) groups excluding carboxylic acids is 4. The SMILES string of the molecule is C=CC(=O)NCCOC(=O)C(C)n1c(=O)c2cc3c(=O)n(C(C)C(=O)OCCNC(=O)C=C)c(=O)c3cc2c1=O. The zero-order valence-electron chi connectivity index (χ0n) is 21.7. The van der Waals surface area contributed by atoms with E-state index in [1.54, 1.807) is 0 Å². The van der Waals surface area contributed by atoms with Crippen molar-refractivity contribution in [2.45, 2.75) is 25.9 Å². The summed E-state index contributed by atoms with van der Waals surface area (Å²) in [5.41, 5.74) is -3.50. The Morgan fingerprint density at radius 1 is 0.700 bits per heavy atom. The van der Waals surface area contributed by atoms with Crippen LogP contribution in [-0.2, 0) is 28.7 Å². The molecular weight excluding hydrogens is 528 g/mol. The van der Waals surface area contributed by atoms with Gasteiger partial charge in [-0.15, -0.1) is 0 Å². The number of aromatic nitrogens is 2. The molecule has 3 aromatic rings. The summed E-state index contributed by atoms with van der Waals surface area (Å²) in [5.74, 6) is -2.77. The fraction of sp³-hybridized carbons (Fsp3) is 0.308. The highest BCUT2D eigenvalue weighted by Gasteiger charge is 2.28. The van der Waals surface area contributed by atoms with Gasteiger partial charge in [-0.25, -0.2) is 9.59 Å². The fourth-order valence-corrected chi connectivity index (χ4v) is 3.96. The van der Waals surface area contributed by atoms with Crippen LogP contribution >= 0.6 is 0 Å². The van der Waals surface area contributed by atoms with Crippen LogP contribution in [0.25, 0.3) is 21.5 Å². The average Bonchev–Trinajstić information content (AvgIpc) is 3.34. The van der Waals surface area contributed by atoms with Gasteiger partial charge < -0.3 is 20.1 Å². The molecule has 2 unspecified atom stereocenters. The molecule has 2 amide bonds. The second kappa shape index (κ2) is 12.1. The van der Waals surface area contributed by atoms with E-state index in [1.165, 1.54) is 13.8 Å². The number of nitrogens with zero attached hydrogens (tertiary/aromatic N) is 2. The van der Waals surface area contributed by atoms with Crippen LogP contribution in [0, 0.1) is 0 Å². The first-order valence-corrected chi connectivity index (χ1v) is 12.0. The quantitative estimate of drug-likeness (QED) is 0.155.